The largest absolute Gasteiger partial charge is 0.465 e. The molecule has 1 aromatic rings. The predicted molar refractivity (Wildman–Crippen MR) is 107 cm³/mol. The number of hydrogen-bond donors (Lipinski definition) is 2. The highest BCUT2D eigenvalue weighted by Crippen LogP contribution is 2.39. The molecule has 0 aromatic heterocycles. The van der Waals surface area contributed by atoms with Gasteiger partial charge in [0.05, 0.1) is 15.2 Å². The number of sulfone groups is 1. The van der Waals surface area contributed by atoms with Crippen molar-refractivity contribution in [2.75, 3.05) is 13.1 Å². The maximum Gasteiger partial charge on any atom is 0.416 e. The Morgan fingerprint density at radius 3 is 2.13 bits per heavy atom. The van der Waals surface area contributed by atoms with Crippen molar-refractivity contribution in [3.63, 3.8) is 0 Å². The molecule has 2 amide bonds. The van der Waals surface area contributed by atoms with Crippen LogP contribution in [-0.2, 0) is 20.8 Å². The standard InChI is InChI=1S/C20H27F3N2O5S/c1-18(2,24-17(27)28)16(26)25-10-8-13(9-11-25)19(3,4)31(29,30)15-7-5-6-14(12-15)20(21,22)23/h5-7,12-13,24H,8-11H2,1-4H3,(H,27,28). The van der Waals surface area contributed by atoms with Crippen LogP contribution in [0.5, 0.6) is 0 Å². The van der Waals surface area contributed by atoms with Crippen LogP contribution in [0.25, 0.3) is 0 Å². The minimum absolute atomic E-state index is 0.218. The van der Waals surface area contributed by atoms with Crippen LogP contribution in [0, 0.1) is 5.92 Å². The molecule has 0 bridgehead atoms. The van der Waals surface area contributed by atoms with Crippen LogP contribution >= 0.6 is 0 Å². The summed E-state index contributed by atoms with van der Waals surface area (Å²) in [5.41, 5.74) is -2.36. The highest BCUT2D eigenvalue weighted by atomic mass is 32.2. The fourth-order valence-corrected chi connectivity index (χ4v) is 5.68. The van der Waals surface area contributed by atoms with Gasteiger partial charge in [-0.05, 0) is 64.7 Å². The summed E-state index contributed by atoms with van der Waals surface area (Å²) in [6.45, 7) is 6.29. The average molecular weight is 465 g/mol. The van der Waals surface area contributed by atoms with Crippen LogP contribution in [0.2, 0.25) is 0 Å². The summed E-state index contributed by atoms with van der Waals surface area (Å²) in [4.78, 5) is 24.6. The number of nitrogens with zero attached hydrogens (tertiary/aromatic N) is 1. The van der Waals surface area contributed by atoms with E-state index >= 15 is 0 Å². The van der Waals surface area contributed by atoms with Crippen molar-refractivity contribution in [1.82, 2.24) is 10.2 Å². The molecule has 174 valence electrons. The zero-order valence-electron chi connectivity index (χ0n) is 17.8. The summed E-state index contributed by atoms with van der Waals surface area (Å²) in [5, 5.41) is 11.1. The van der Waals surface area contributed by atoms with Gasteiger partial charge in [0.1, 0.15) is 5.54 Å². The van der Waals surface area contributed by atoms with Gasteiger partial charge in [0.25, 0.3) is 0 Å². The van der Waals surface area contributed by atoms with Gasteiger partial charge in [0, 0.05) is 13.1 Å². The summed E-state index contributed by atoms with van der Waals surface area (Å²) in [5.74, 6) is -0.821. The SMILES string of the molecule is CC(C)(NC(=O)O)C(=O)N1CCC(C(C)(C)S(=O)(=O)c2cccc(C(F)(F)F)c2)CC1. The molecule has 1 aromatic carbocycles. The van der Waals surface area contributed by atoms with Crippen LogP contribution in [0.1, 0.15) is 46.1 Å². The van der Waals surface area contributed by atoms with Crippen molar-refractivity contribution in [2.45, 2.75) is 61.9 Å². The van der Waals surface area contributed by atoms with Crippen LogP contribution < -0.4 is 5.32 Å². The minimum Gasteiger partial charge on any atom is -0.465 e. The van der Waals surface area contributed by atoms with Gasteiger partial charge in [0.15, 0.2) is 9.84 Å². The third kappa shape index (κ3) is 5.13. The van der Waals surface area contributed by atoms with Gasteiger partial charge >= 0.3 is 12.3 Å². The number of rotatable bonds is 5. The number of hydrogen-bond acceptors (Lipinski definition) is 4. The maximum absolute atomic E-state index is 13.2. The van der Waals surface area contributed by atoms with Gasteiger partial charge in [-0.3, -0.25) is 4.79 Å². The second kappa shape index (κ2) is 8.33. The molecule has 0 spiro atoms. The van der Waals surface area contributed by atoms with Crippen molar-refractivity contribution in [2.24, 2.45) is 5.92 Å². The van der Waals surface area contributed by atoms with Crippen LogP contribution in [0.4, 0.5) is 18.0 Å². The molecule has 0 atom stereocenters. The van der Waals surface area contributed by atoms with Gasteiger partial charge in [-0.1, -0.05) is 6.07 Å². The Bertz CT molecular complexity index is 950. The third-order valence-corrected chi connectivity index (χ3v) is 8.48. The monoisotopic (exact) mass is 464 g/mol. The van der Waals surface area contributed by atoms with E-state index in [1.807, 2.05) is 0 Å². The second-order valence-corrected chi connectivity index (χ2v) is 11.3. The number of benzene rings is 1. The van der Waals surface area contributed by atoms with Gasteiger partial charge in [-0.15, -0.1) is 0 Å². The minimum atomic E-state index is -4.65. The Kier molecular flexibility index (Phi) is 6.71. The lowest BCUT2D eigenvalue weighted by Crippen LogP contribution is -2.58. The van der Waals surface area contributed by atoms with Gasteiger partial charge in [-0.2, -0.15) is 13.2 Å². The highest BCUT2D eigenvalue weighted by molar-refractivity contribution is 7.92. The molecule has 7 nitrogen and oxygen atoms in total. The van der Waals surface area contributed by atoms with E-state index in [-0.39, 0.29) is 13.1 Å². The van der Waals surface area contributed by atoms with Crippen LogP contribution in [0.15, 0.2) is 29.2 Å². The van der Waals surface area contributed by atoms with Gasteiger partial charge in [-0.25, -0.2) is 13.2 Å². The lowest BCUT2D eigenvalue weighted by Gasteiger charge is -2.42. The number of piperidine rings is 1. The average Bonchev–Trinajstić information content (AvgIpc) is 2.65. The molecule has 0 radical (unpaired) electrons. The van der Waals surface area contributed by atoms with E-state index in [1.54, 1.807) is 0 Å². The number of nitrogens with one attached hydrogen (secondary N) is 1. The Labute approximate surface area is 179 Å². The molecule has 1 aliphatic heterocycles. The summed E-state index contributed by atoms with van der Waals surface area (Å²) in [6.07, 6.45) is -5.35. The molecule has 0 aliphatic carbocycles. The zero-order chi connectivity index (χ0) is 23.8. The van der Waals surface area contributed by atoms with Crippen LogP contribution in [-0.4, -0.2) is 53.8 Å². The second-order valence-electron chi connectivity index (χ2n) is 8.75. The first-order chi connectivity index (χ1) is 14.0. The Hall–Kier alpha value is -2.30. The number of carbonyl (C=O) groups is 2. The number of alkyl halides is 3. The fraction of sp³-hybridized carbons (Fsp3) is 0.600. The highest BCUT2D eigenvalue weighted by Gasteiger charge is 2.46. The van der Waals surface area contributed by atoms with Crippen molar-refractivity contribution >= 4 is 21.8 Å². The summed E-state index contributed by atoms with van der Waals surface area (Å²) < 4.78 is 64.1. The molecule has 2 N–H and O–H groups in total. The fourth-order valence-electron chi connectivity index (χ4n) is 3.86. The summed E-state index contributed by atoms with van der Waals surface area (Å²) in [6, 6.07) is 3.70. The van der Waals surface area contributed by atoms with Crippen molar-refractivity contribution in [1.29, 1.82) is 0 Å². The molecular weight excluding hydrogens is 437 g/mol. The number of likely N-dealkylation sites (tertiary alicyclic amines) is 1. The topological polar surface area (TPSA) is 104 Å². The van der Waals surface area contributed by atoms with E-state index in [0.717, 1.165) is 18.2 Å². The van der Waals surface area contributed by atoms with Crippen molar-refractivity contribution in [3.8, 4) is 0 Å². The number of halogens is 3. The Balaban J connectivity index is 2.19. The Morgan fingerprint density at radius 1 is 1.10 bits per heavy atom. The van der Waals surface area contributed by atoms with E-state index in [4.69, 9.17) is 5.11 Å². The van der Waals surface area contributed by atoms with E-state index in [9.17, 15) is 31.2 Å². The molecular formula is C20H27F3N2O5S. The van der Waals surface area contributed by atoms with E-state index in [1.165, 1.54) is 32.6 Å². The third-order valence-electron chi connectivity index (χ3n) is 5.88. The number of amides is 2. The van der Waals surface area contributed by atoms with Gasteiger partial charge in [0.2, 0.25) is 5.91 Å². The molecule has 2 rings (SSSR count). The number of carbonyl (C=O) groups excluding carboxylic acids is 1. The molecule has 1 heterocycles. The molecule has 31 heavy (non-hydrogen) atoms. The maximum atomic E-state index is 13.2. The smallest absolute Gasteiger partial charge is 0.416 e. The molecule has 0 saturated carbocycles. The normalized spacial score (nSPS) is 16.8. The van der Waals surface area contributed by atoms with Crippen molar-refractivity contribution < 1.29 is 36.3 Å². The summed E-state index contributed by atoms with van der Waals surface area (Å²) in [7, 11) is -4.10. The first-order valence-corrected chi connectivity index (χ1v) is 11.2. The first kappa shape index (κ1) is 25.0. The quantitative estimate of drug-likeness (QED) is 0.694. The first-order valence-electron chi connectivity index (χ1n) is 9.72. The lowest BCUT2D eigenvalue weighted by atomic mass is 9.85. The zero-order valence-corrected chi connectivity index (χ0v) is 18.6. The molecule has 1 saturated heterocycles. The number of carboxylic acid groups (broad SMARTS) is 1. The van der Waals surface area contributed by atoms with Crippen molar-refractivity contribution in [3.05, 3.63) is 29.8 Å². The van der Waals surface area contributed by atoms with E-state index in [2.05, 4.69) is 5.32 Å². The Morgan fingerprint density at radius 2 is 1.65 bits per heavy atom. The van der Waals surface area contributed by atoms with Gasteiger partial charge < -0.3 is 15.3 Å². The molecule has 0 unspecified atom stereocenters. The molecule has 11 heteroatoms. The van der Waals surface area contributed by atoms with E-state index in [0.29, 0.717) is 18.9 Å². The molecule has 1 fully saturated rings. The van der Waals surface area contributed by atoms with E-state index < -0.39 is 54.7 Å². The summed E-state index contributed by atoms with van der Waals surface area (Å²) >= 11 is 0. The predicted octanol–water partition coefficient (Wildman–Crippen LogP) is 3.54. The van der Waals surface area contributed by atoms with Crippen LogP contribution in [0.3, 0.4) is 0 Å². The molecule has 1 aliphatic rings. The lowest BCUT2D eigenvalue weighted by molar-refractivity contribution is -0.138.